The van der Waals surface area contributed by atoms with Crippen LogP contribution in [0.3, 0.4) is 0 Å². The van der Waals surface area contributed by atoms with Crippen LogP contribution < -0.4 is 5.73 Å². The van der Waals surface area contributed by atoms with Crippen molar-refractivity contribution in [3.63, 3.8) is 0 Å². The summed E-state index contributed by atoms with van der Waals surface area (Å²) in [6.07, 6.45) is 4.66. The van der Waals surface area contributed by atoms with Crippen molar-refractivity contribution in [3.8, 4) is 0 Å². The van der Waals surface area contributed by atoms with E-state index in [1.165, 1.54) is 5.56 Å². The third-order valence-electron chi connectivity index (χ3n) is 3.33. The number of hydrogen-bond acceptors (Lipinski definition) is 2. The van der Waals surface area contributed by atoms with Gasteiger partial charge in [-0.05, 0) is 36.1 Å². The lowest BCUT2D eigenvalue weighted by Crippen LogP contribution is -2.19. The summed E-state index contributed by atoms with van der Waals surface area (Å²) in [5.41, 5.74) is 9.33. The van der Waals surface area contributed by atoms with Gasteiger partial charge >= 0.3 is 5.97 Å². The quantitative estimate of drug-likeness (QED) is 0.884. The van der Waals surface area contributed by atoms with Crippen LogP contribution in [-0.2, 0) is 6.42 Å². The molecule has 0 aromatic heterocycles. The van der Waals surface area contributed by atoms with E-state index in [-0.39, 0.29) is 6.04 Å². The van der Waals surface area contributed by atoms with Gasteiger partial charge < -0.3 is 10.8 Å². The molecule has 1 atom stereocenters. The van der Waals surface area contributed by atoms with Crippen molar-refractivity contribution in [2.24, 2.45) is 5.73 Å². The molecule has 0 unspecified atom stereocenters. The smallest absolute Gasteiger partial charge is 0.335 e. The van der Waals surface area contributed by atoms with Gasteiger partial charge in [0.05, 0.1) is 5.56 Å². The Balaban J connectivity index is 2.04. The highest BCUT2D eigenvalue weighted by atomic mass is 16.4. The number of carboxylic acid groups (broad SMARTS) is 1. The highest BCUT2D eigenvalue weighted by Gasteiger charge is 2.06. The average Bonchev–Trinajstić information content (AvgIpc) is 2.46. The van der Waals surface area contributed by atoms with E-state index in [1.54, 1.807) is 19.1 Å². The first-order valence-electron chi connectivity index (χ1n) is 6.88. The van der Waals surface area contributed by atoms with Gasteiger partial charge in [0.2, 0.25) is 0 Å². The summed E-state index contributed by atoms with van der Waals surface area (Å²) < 4.78 is 0. The van der Waals surface area contributed by atoms with Crippen LogP contribution in [-0.4, -0.2) is 17.1 Å². The highest BCUT2D eigenvalue weighted by Crippen LogP contribution is 2.13. The Hall–Kier alpha value is -2.39. The summed E-state index contributed by atoms with van der Waals surface area (Å²) in [5.74, 6) is -0.899. The second-order valence-corrected chi connectivity index (χ2v) is 5.09. The maximum atomic E-state index is 11.0. The summed E-state index contributed by atoms with van der Waals surface area (Å²) in [7, 11) is 0. The molecule has 3 heteroatoms. The number of hydrogen-bond donors (Lipinski definition) is 2. The van der Waals surface area contributed by atoms with Crippen molar-refractivity contribution in [1.29, 1.82) is 0 Å². The first-order valence-corrected chi connectivity index (χ1v) is 6.88. The molecule has 0 amide bonds. The summed E-state index contributed by atoms with van der Waals surface area (Å²) in [4.78, 5) is 11.0. The number of aryl methyl sites for hydroxylation is 1. The van der Waals surface area contributed by atoms with Crippen molar-refractivity contribution >= 4 is 12.0 Å². The minimum Gasteiger partial charge on any atom is -0.478 e. The van der Waals surface area contributed by atoms with Crippen molar-refractivity contribution < 1.29 is 9.90 Å². The monoisotopic (exact) mass is 281 g/mol. The van der Waals surface area contributed by atoms with Crippen LogP contribution in [0.5, 0.6) is 0 Å². The molecular formula is C18H19NO2. The minimum absolute atomic E-state index is 0.0631. The van der Waals surface area contributed by atoms with Gasteiger partial charge in [-0.1, -0.05) is 54.6 Å². The van der Waals surface area contributed by atoms with Gasteiger partial charge in [0.25, 0.3) is 0 Å². The molecule has 0 fully saturated rings. The summed E-state index contributed by atoms with van der Waals surface area (Å²) in [6.45, 7) is 1.80. The molecule has 3 nitrogen and oxygen atoms in total. The zero-order valence-corrected chi connectivity index (χ0v) is 12.0. The molecule has 0 spiro atoms. The van der Waals surface area contributed by atoms with Gasteiger partial charge in [0, 0.05) is 6.04 Å². The number of benzene rings is 2. The lowest BCUT2D eigenvalue weighted by Gasteiger charge is -2.07. The Morgan fingerprint density at radius 3 is 2.57 bits per heavy atom. The first kappa shape index (κ1) is 15.0. The largest absolute Gasteiger partial charge is 0.478 e. The van der Waals surface area contributed by atoms with E-state index >= 15 is 0 Å². The standard InChI is InChI=1S/C18H19NO2/c1-13-11-15(8-10-17(13)18(20)21)7-9-16(19)12-14-5-3-2-4-6-14/h2-11,16H,12,19H2,1H3,(H,20,21)/b9-7+/t16-/m1/s1. The first-order chi connectivity index (χ1) is 10.1. The van der Waals surface area contributed by atoms with E-state index in [1.807, 2.05) is 36.4 Å². The van der Waals surface area contributed by atoms with Crippen molar-refractivity contribution in [2.75, 3.05) is 0 Å². The molecule has 21 heavy (non-hydrogen) atoms. The molecule has 0 saturated heterocycles. The van der Waals surface area contributed by atoms with E-state index < -0.39 is 5.97 Å². The molecule has 0 aliphatic rings. The third-order valence-corrected chi connectivity index (χ3v) is 3.33. The van der Waals surface area contributed by atoms with Gasteiger partial charge in [-0.25, -0.2) is 4.79 Å². The van der Waals surface area contributed by atoms with E-state index in [0.29, 0.717) is 5.56 Å². The van der Waals surface area contributed by atoms with Gasteiger partial charge in [-0.3, -0.25) is 0 Å². The lowest BCUT2D eigenvalue weighted by atomic mass is 10.0. The van der Waals surface area contributed by atoms with Crippen LogP contribution in [0.25, 0.3) is 6.08 Å². The van der Waals surface area contributed by atoms with E-state index in [2.05, 4.69) is 12.1 Å². The molecule has 108 valence electrons. The van der Waals surface area contributed by atoms with Gasteiger partial charge in [0.1, 0.15) is 0 Å². The topological polar surface area (TPSA) is 63.3 Å². The molecule has 0 aliphatic heterocycles. The lowest BCUT2D eigenvalue weighted by molar-refractivity contribution is 0.0696. The third kappa shape index (κ3) is 4.29. The van der Waals surface area contributed by atoms with Crippen molar-refractivity contribution in [3.05, 3.63) is 76.9 Å². The molecule has 2 aromatic rings. The Bertz CT molecular complexity index is 648. The highest BCUT2D eigenvalue weighted by molar-refractivity contribution is 5.89. The fourth-order valence-electron chi connectivity index (χ4n) is 2.22. The number of aromatic carboxylic acids is 1. The van der Waals surface area contributed by atoms with E-state index in [4.69, 9.17) is 10.8 Å². The summed E-state index contributed by atoms with van der Waals surface area (Å²) >= 11 is 0. The SMILES string of the molecule is Cc1cc(/C=C/[C@@H](N)Cc2ccccc2)ccc1C(=O)O. The second-order valence-electron chi connectivity index (χ2n) is 5.09. The number of nitrogens with two attached hydrogens (primary N) is 1. The van der Waals surface area contributed by atoms with Gasteiger partial charge in [-0.15, -0.1) is 0 Å². The number of carbonyl (C=O) groups is 1. The fraction of sp³-hybridized carbons (Fsp3) is 0.167. The molecule has 0 bridgehead atoms. The van der Waals surface area contributed by atoms with Crippen LogP contribution in [0.15, 0.2) is 54.6 Å². The molecule has 0 aliphatic carbocycles. The second kappa shape index (κ2) is 6.86. The maximum absolute atomic E-state index is 11.0. The van der Waals surface area contributed by atoms with Crippen molar-refractivity contribution in [2.45, 2.75) is 19.4 Å². The Kier molecular flexibility index (Phi) is 4.90. The minimum atomic E-state index is -0.899. The predicted molar refractivity (Wildman–Crippen MR) is 85.3 cm³/mol. The zero-order valence-electron chi connectivity index (χ0n) is 12.0. The van der Waals surface area contributed by atoms with E-state index in [0.717, 1.165) is 17.5 Å². The van der Waals surface area contributed by atoms with Crippen LogP contribution >= 0.6 is 0 Å². The van der Waals surface area contributed by atoms with E-state index in [9.17, 15) is 4.79 Å². The molecular weight excluding hydrogens is 262 g/mol. The van der Waals surface area contributed by atoms with Crippen molar-refractivity contribution in [1.82, 2.24) is 0 Å². The molecule has 0 saturated carbocycles. The number of carboxylic acids is 1. The molecule has 3 N–H and O–H groups in total. The fourth-order valence-corrected chi connectivity index (χ4v) is 2.22. The molecule has 2 aromatic carbocycles. The zero-order chi connectivity index (χ0) is 15.2. The normalized spacial score (nSPS) is 12.5. The maximum Gasteiger partial charge on any atom is 0.335 e. The molecule has 2 rings (SSSR count). The van der Waals surface area contributed by atoms with Crippen LogP contribution in [0.4, 0.5) is 0 Å². The number of rotatable bonds is 5. The van der Waals surface area contributed by atoms with Crippen LogP contribution in [0.2, 0.25) is 0 Å². The summed E-state index contributed by atoms with van der Waals surface area (Å²) in [6, 6.07) is 15.3. The predicted octanol–water partition coefficient (Wildman–Crippen LogP) is 3.28. The van der Waals surface area contributed by atoms with Crippen LogP contribution in [0.1, 0.15) is 27.0 Å². The Labute approximate surface area is 124 Å². The van der Waals surface area contributed by atoms with Crippen LogP contribution in [0, 0.1) is 6.92 Å². The van der Waals surface area contributed by atoms with Gasteiger partial charge in [0.15, 0.2) is 0 Å². The molecule has 0 radical (unpaired) electrons. The summed E-state index contributed by atoms with van der Waals surface area (Å²) in [5, 5.41) is 9.00. The average molecular weight is 281 g/mol. The Morgan fingerprint density at radius 1 is 1.24 bits per heavy atom. The Morgan fingerprint density at radius 2 is 1.95 bits per heavy atom. The molecule has 0 heterocycles. The van der Waals surface area contributed by atoms with Gasteiger partial charge in [-0.2, -0.15) is 0 Å².